The minimum Gasteiger partial charge on any atom is -0.351 e. The minimum atomic E-state index is -0.0108. The molecule has 4 saturated carbocycles. The fraction of sp³-hybridized carbons (Fsp3) is 0.600. The lowest BCUT2D eigenvalue weighted by Crippen LogP contribution is -2.51. The van der Waals surface area contributed by atoms with Crippen molar-refractivity contribution < 1.29 is 9.59 Å². The summed E-state index contributed by atoms with van der Waals surface area (Å²) >= 11 is 1.53. The summed E-state index contributed by atoms with van der Waals surface area (Å²) in [5.74, 6) is 3.15. The van der Waals surface area contributed by atoms with Crippen molar-refractivity contribution >= 4 is 29.3 Å². The molecule has 4 aliphatic carbocycles. The molecule has 1 aliphatic heterocycles. The van der Waals surface area contributed by atoms with Gasteiger partial charge in [0.25, 0.3) is 5.91 Å². The van der Waals surface area contributed by atoms with E-state index >= 15 is 0 Å². The highest BCUT2D eigenvalue weighted by molar-refractivity contribution is 8.00. The van der Waals surface area contributed by atoms with Crippen LogP contribution in [-0.2, 0) is 4.79 Å². The molecule has 132 valence electrons. The number of carbonyl (C=O) groups excluding carboxylic acids is 2. The monoisotopic (exact) mass is 356 g/mol. The van der Waals surface area contributed by atoms with Crippen molar-refractivity contribution in [1.29, 1.82) is 0 Å². The van der Waals surface area contributed by atoms with Crippen molar-refractivity contribution in [2.24, 2.45) is 23.2 Å². The van der Waals surface area contributed by atoms with Gasteiger partial charge in [-0.2, -0.15) is 0 Å². The second-order valence-electron chi connectivity index (χ2n) is 8.65. The maximum absolute atomic E-state index is 12.7. The Morgan fingerprint density at radius 3 is 2.52 bits per heavy atom. The van der Waals surface area contributed by atoms with E-state index in [2.05, 4.69) is 10.6 Å². The summed E-state index contributed by atoms with van der Waals surface area (Å²) in [5.41, 5.74) is 1.76. The molecule has 2 N–H and O–H groups in total. The molecule has 4 bridgehead atoms. The van der Waals surface area contributed by atoms with Gasteiger partial charge >= 0.3 is 0 Å². The summed E-state index contributed by atoms with van der Waals surface area (Å²) in [4.78, 5) is 25.3. The van der Waals surface area contributed by atoms with E-state index in [1.807, 2.05) is 18.2 Å². The molecule has 5 heteroatoms. The number of carbonyl (C=O) groups is 2. The van der Waals surface area contributed by atoms with Crippen LogP contribution in [0.5, 0.6) is 0 Å². The molecule has 25 heavy (non-hydrogen) atoms. The molecule has 6 rings (SSSR count). The van der Waals surface area contributed by atoms with Gasteiger partial charge in [0.15, 0.2) is 0 Å². The number of fused-ring (bicyclic) bond motifs is 1. The van der Waals surface area contributed by atoms with Crippen molar-refractivity contribution in [3.05, 3.63) is 23.8 Å². The van der Waals surface area contributed by atoms with E-state index in [1.165, 1.54) is 50.3 Å². The fourth-order valence-electron chi connectivity index (χ4n) is 6.10. The van der Waals surface area contributed by atoms with Crippen LogP contribution < -0.4 is 10.6 Å². The summed E-state index contributed by atoms with van der Waals surface area (Å²) in [6, 6.07) is 5.63. The molecular weight excluding hydrogens is 332 g/mol. The van der Waals surface area contributed by atoms with Crippen LogP contribution in [0, 0.1) is 23.2 Å². The molecule has 1 aromatic rings. The fourth-order valence-corrected chi connectivity index (χ4v) is 6.89. The highest BCUT2D eigenvalue weighted by atomic mass is 32.2. The Morgan fingerprint density at radius 2 is 1.84 bits per heavy atom. The standard InChI is InChI=1S/C20H24N2O2S/c23-18-10-25-17-2-1-15(6-16(17)22-18)19(24)21-11-20-7-12-3-13(8-20)5-14(4-12)9-20/h1-2,6,12-14H,3-5,7-11H2,(H,21,24)(H,22,23). The van der Waals surface area contributed by atoms with Gasteiger partial charge < -0.3 is 10.6 Å². The third-order valence-electron chi connectivity index (χ3n) is 6.66. The highest BCUT2D eigenvalue weighted by Crippen LogP contribution is 2.59. The van der Waals surface area contributed by atoms with Crippen LogP contribution in [0.1, 0.15) is 48.9 Å². The minimum absolute atomic E-state index is 0.00336. The van der Waals surface area contributed by atoms with Gasteiger partial charge in [0, 0.05) is 17.0 Å². The SMILES string of the molecule is O=C1CSc2ccc(C(=O)NCC34CC5CC(CC(C5)C3)C4)cc2N1. The summed E-state index contributed by atoms with van der Waals surface area (Å²) in [5, 5.41) is 6.08. The zero-order valence-corrected chi connectivity index (χ0v) is 15.2. The topological polar surface area (TPSA) is 58.2 Å². The van der Waals surface area contributed by atoms with Crippen LogP contribution in [0.4, 0.5) is 5.69 Å². The molecule has 0 atom stereocenters. The average molecular weight is 356 g/mol. The molecule has 0 radical (unpaired) electrons. The van der Waals surface area contributed by atoms with E-state index in [4.69, 9.17) is 0 Å². The Morgan fingerprint density at radius 1 is 1.16 bits per heavy atom. The molecule has 0 aromatic heterocycles. The van der Waals surface area contributed by atoms with Crippen LogP contribution in [0.3, 0.4) is 0 Å². The third kappa shape index (κ3) is 2.86. The first-order valence-electron chi connectivity index (χ1n) is 9.43. The lowest BCUT2D eigenvalue weighted by molar-refractivity contribution is -0.113. The molecular formula is C20H24N2O2S. The number of rotatable bonds is 3. The number of hydrogen-bond acceptors (Lipinski definition) is 3. The largest absolute Gasteiger partial charge is 0.351 e. The number of amides is 2. The molecule has 0 spiro atoms. The van der Waals surface area contributed by atoms with Gasteiger partial charge in [-0.05, 0) is 79.9 Å². The van der Waals surface area contributed by atoms with Crippen LogP contribution in [0.2, 0.25) is 0 Å². The summed E-state index contributed by atoms with van der Waals surface area (Å²) in [7, 11) is 0. The normalized spacial score (nSPS) is 35.2. The van der Waals surface area contributed by atoms with Crippen LogP contribution in [0.15, 0.2) is 23.1 Å². The van der Waals surface area contributed by atoms with E-state index in [0.717, 1.165) is 34.9 Å². The first-order valence-corrected chi connectivity index (χ1v) is 10.4. The molecule has 1 aromatic carbocycles. The maximum Gasteiger partial charge on any atom is 0.251 e. The van der Waals surface area contributed by atoms with Gasteiger partial charge in [-0.3, -0.25) is 9.59 Å². The summed E-state index contributed by atoms with van der Waals surface area (Å²) in [6.07, 6.45) is 8.18. The van der Waals surface area contributed by atoms with Gasteiger partial charge in [-0.1, -0.05) is 0 Å². The maximum atomic E-state index is 12.7. The first kappa shape index (κ1) is 15.7. The predicted molar refractivity (Wildman–Crippen MR) is 98.7 cm³/mol. The number of nitrogens with one attached hydrogen (secondary N) is 2. The molecule has 5 aliphatic rings. The van der Waals surface area contributed by atoms with Crippen LogP contribution in [-0.4, -0.2) is 24.1 Å². The van der Waals surface area contributed by atoms with Gasteiger partial charge in [0.1, 0.15) is 0 Å². The van der Waals surface area contributed by atoms with Crippen molar-refractivity contribution in [3.63, 3.8) is 0 Å². The summed E-state index contributed by atoms with van der Waals surface area (Å²) < 4.78 is 0. The summed E-state index contributed by atoms with van der Waals surface area (Å²) in [6.45, 7) is 0.813. The Bertz CT molecular complexity index is 710. The van der Waals surface area contributed by atoms with E-state index in [0.29, 0.717) is 16.7 Å². The van der Waals surface area contributed by atoms with Crippen molar-refractivity contribution in [3.8, 4) is 0 Å². The van der Waals surface area contributed by atoms with E-state index in [1.54, 1.807) is 0 Å². The molecule has 4 fully saturated rings. The van der Waals surface area contributed by atoms with Gasteiger partial charge in [-0.15, -0.1) is 11.8 Å². The second-order valence-corrected chi connectivity index (χ2v) is 9.67. The molecule has 0 saturated heterocycles. The Labute approximate surface area is 152 Å². The Hall–Kier alpha value is -1.49. The Kier molecular flexibility index (Phi) is 3.63. The smallest absolute Gasteiger partial charge is 0.251 e. The van der Waals surface area contributed by atoms with Crippen LogP contribution in [0.25, 0.3) is 0 Å². The number of thioether (sulfide) groups is 1. The van der Waals surface area contributed by atoms with Gasteiger partial charge in [0.2, 0.25) is 5.91 Å². The molecule has 1 heterocycles. The third-order valence-corrected chi connectivity index (χ3v) is 7.74. The molecule has 0 unspecified atom stereocenters. The predicted octanol–water partition coefficient (Wildman–Crippen LogP) is 3.68. The van der Waals surface area contributed by atoms with Crippen molar-refractivity contribution in [1.82, 2.24) is 5.32 Å². The van der Waals surface area contributed by atoms with Gasteiger partial charge in [0.05, 0.1) is 11.4 Å². The lowest BCUT2D eigenvalue weighted by Gasteiger charge is -2.56. The van der Waals surface area contributed by atoms with E-state index < -0.39 is 0 Å². The van der Waals surface area contributed by atoms with Crippen molar-refractivity contribution in [2.75, 3.05) is 17.6 Å². The van der Waals surface area contributed by atoms with Gasteiger partial charge in [-0.25, -0.2) is 0 Å². The lowest BCUT2D eigenvalue weighted by atomic mass is 9.49. The van der Waals surface area contributed by atoms with E-state index in [-0.39, 0.29) is 11.8 Å². The zero-order valence-electron chi connectivity index (χ0n) is 14.3. The average Bonchev–Trinajstić information content (AvgIpc) is 2.58. The van der Waals surface area contributed by atoms with E-state index in [9.17, 15) is 9.59 Å². The molecule has 4 nitrogen and oxygen atoms in total. The second kappa shape index (κ2) is 5.76. The number of hydrogen-bond donors (Lipinski definition) is 2. The zero-order chi connectivity index (χ0) is 17.0. The quantitative estimate of drug-likeness (QED) is 0.869. The number of anilines is 1. The Balaban J connectivity index is 1.28. The number of benzene rings is 1. The van der Waals surface area contributed by atoms with Crippen molar-refractivity contribution in [2.45, 2.75) is 43.4 Å². The highest BCUT2D eigenvalue weighted by Gasteiger charge is 2.50. The first-order chi connectivity index (χ1) is 12.1. The molecule has 2 amide bonds. The van der Waals surface area contributed by atoms with Crippen LogP contribution >= 0.6 is 11.8 Å².